The smallest absolute Gasteiger partial charge is 0.264 e. The van der Waals surface area contributed by atoms with E-state index in [1.807, 2.05) is 0 Å². The van der Waals surface area contributed by atoms with Crippen molar-refractivity contribution in [3.05, 3.63) is 60.2 Å². The molecule has 2 fully saturated rings. The van der Waals surface area contributed by atoms with Crippen LogP contribution < -0.4 is 9.62 Å². The fraction of sp³-hybridized carbons (Fsp3) is 0.481. The monoisotopic (exact) mass is 587 g/mol. The quantitative estimate of drug-likeness (QED) is 0.288. The first-order chi connectivity index (χ1) is 19.3. The van der Waals surface area contributed by atoms with Crippen molar-refractivity contribution in [2.45, 2.75) is 68.2 Å². The molecule has 2 heterocycles. The van der Waals surface area contributed by atoms with Crippen LogP contribution in [0.15, 0.2) is 53.7 Å². The van der Waals surface area contributed by atoms with Crippen LogP contribution in [0.4, 0.5) is 10.8 Å². The van der Waals surface area contributed by atoms with Crippen LogP contribution in [0.5, 0.6) is 0 Å². The number of carbonyl (C=O) groups excluding carboxylic acids is 1. The van der Waals surface area contributed by atoms with Crippen LogP contribution in [-0.4, -0.2) is 58.1 Å². The number of anilines is 2. The number of aliphatic hydroxyl groups excluding tert-OH is 2. The van der Waals surface area contributed by atoms with Crippen molar-refractivity contribution >= 4 is 38.3 Å². The summed E-state index contributed by atoms with van der Waals surface area (Å²) in [6.07, 6.45) is 7.63. The lowest BCUT2D eigenvalue weighted by Gasteiger charge is -2.27. The van der Waals surface area contributed by atoms with E-state index in [0.717, 1.165) is 56.5 Å². The number of benzene rings is 1. The maximum atomic E-state index is 13.7. The molecule has 0 aliphatic heterocycles. The summed E-state index contributed by atoms with van der Waals surface area (Å²) in [5, 5.41) is 21.8. The molecule has 0 spiro atoms. The number of aliphatic hydroxyl groups is 2. The highest BCUT2D eigenvalue weighted by Gasteiger charge is 2.33. The third kappa shape index (κ3) is 6.84. The van der Waals surface area contributed by atoms with Crippen molar-refractivity contribution < 1.29 is 28.2 Å². The molecule has 214 valence electrons. The van der Waals surface area contributed by atoms with Gasteiger partial charge in [-0.15, -0.1) is 0 Å². The number of pyridine rings is 1. The molecule has 0 bridgehead atoms. The van der Waals surface area contributed by atoms with Crippen LogP contribution >= 0.6 is 11.5 Å². The van der Waals surface area contributed by atoms with Crippen LogP contribution in [-0.2, 0) is 19.6 Å². The Morgan fingerprint density at radius 1 is 1.07 bits per heavy atom. The minimum atomic E-state index is -3.85. The zero-order valence-corrected chi connectivity index (χ0v) is 23.6. The van der Waals surface area contributed by atoms with Gasteiger partial charge in [-0.25, -0.2) is 13.4 Å². The predicted octanol–water partition coefficient (Wildman–Crippen LogP) is 3.59. The van der Waals surface area contributed by atoms with E-state index >= 15 is 0 Å². The Hall–Kier alpha value is -2.97. The molecule has 3 aromatic rings. The van der Waals surface area contributed by atoms with Gasteiger partial charge in [0.15, 0.2) is 11.9 Å². The van der Waals surface area contributed by atoms with Gasteiger partial charge in [0.2, 0.25) is 5.13 Å². The molecule has 2 atom stereocenters. The van der Waals surface area contributed by atoms with E-state index in [1.165, 1.54) is 16.4 Å². The number of rotatable bonds is 12. The number of nitrogens with zero attached hydrogens (tertiary/aromatic N) is 4. The lowest BCUT2D eigenvalue weighted by atomic mass is 9.97. The normalized spacial score (nSPS) is 17.8. The summed E-state index contributed by atoms with van der Waals surface area (Å²) < 4.78 is 39.1. The molecule has 2 saturated carbocycles. The molecule has 2 aliphatic rings. The van der Waals surface area contributed by atoms with Crippen molar-refractivity contribution in [2.24, 2.45) is 5.92 Å². The van der Waals surface area contributed by atoms with Gasteiger partial charge in [0.25, 0.3) is 15.9 Å². The SMILES string of the molecule is O=C(Nc1nc(C(O)CO)ns1)C(OC1CCCCC1)c1ccc(S(=O)(=O)N(CC2CC2)c2ccncc2)cc1. The van der Waals surface area contributed by atoms with E-state index in [-0.39, 0.29) is 22.0 Å². The van der Waals surface area contributed by atoms with E-state index < -0.39 is 34.7 Å². The largest absolute Gasteiger partial charge is 0.393 e. The van der Waals surface area contributed by atoms with Crippen LogP contribution in [0.3, 0.4) is 0 Å². The molecular formula is C27H33N5O6S2. The van der Waals surface area contributed by atoms with Crippen molar-refractivity contribution in [3.8, 4) is 0 Å². The minimum absolute atomic E-state index is 0.0204. The standard InChI is InChI=1S/C27H33N5O6S2/c33-17-23(34)25-29-27(39-31-25)30-26(35)24(38-21-4-2-1-3-5-21)19-8-10-22(11-9-19)40(36,37)32(16-18-6-7-18)20-12-14-28-15-13-20/h8-15,18,21,23-24,33-34H,1-7,16-17H2,(H,29,30,31,35). The molecule has 40 heavy (non-hydrogen) atoms. The molecule has 0 radical (unpaired) electrons. The highest BCUT2D eigenvalue weighted by Crippen LogP contribution is 2.35. The Bertz CT molecular complexity index is 1380. The number of carbonyl (C=O) groups is 1. The summed E-state index contributed by atoms with van der Waals surface area (Å²) in [7, 11) is -3.85. The maximum absolute atomic E-state index is 13.7. The summed E-state index contributed by atoms with van der Waals surface area (Å²) in [6, 6.07) is 9.62. The average Bonchev–Trinajstić information content (AvgIpc) is 3.70. The van der Waals surface area contributed by atoms with Crippen LogP contribution in [0.25, 0.3) is 0 Å². The van der Waals surface area contributed by atoms with E-state index in [2.05, 4.69) is 19.7 Å². The Morgan fingerprint density at radius 2 is 1.77 bits per heavy atom. The minimum Gasteiger partial charge on any atom is -0.393 e. The Morgan fingerprint density at radius 3 is 2.42 bits per heavy atom. The molecule has 11 nitrogen and oxygen atoms in total. The molecule has 1 aromatic carbocycles. The number of hydrogen-bond acceptors (Lipinski definition) is 10. The lowest BCUT2D eigenvalue weighted by molar-refractivity contribution is -0.133. The number of ether oxygens (including phenoxy) is 1. The van der Waals surface area contributed by atoms with Gasteiger partial charge >= 0.3 is 0 Å². The van der Waals surface area contributed by atoms with Crippen LogP contribution in [0.2, 0.25) is 0 Å². The highest BCUT2D eigenvalue weighted by molar-refractivity contribution is 7.92. The molecule has 2 unspecified atom stereocenters. The number of nitrogens with one attached hydrogen (secondary N) is 1. The van der Waals surface area contributed by atoms with Gasteiger partial charge in [-0.3, -0.25) is 19.4 Å². The first-order valence-electron chi connectivity index (χ1n) is 13.5. The Balaban J connectivity index is 1.38. The summed E-state index contributed by atoms with van der Waals surface area (Å²) in [5.74, 6) is -0.125. The lowest BCUT2D eigenvalue weighted by Crippen LogP contribution is -2.33. The molecule has 5 rings (SSSR count). The average molecular weight is 588 g/mol. The van der Waals surface area contributed by atoms with E-state index in [4.69, 9.17) is 9.84 Å². The van der Waals surface area contributed by atoms with Crippen LogP contribution in [0, 0.1) is 5.92 Å². The van der Waals surface area contributed by atoms with Gasteiger partial charge in [0.1, 0.15) is 6.10 Å². The Labute approximate surface area is 237 Å². The van der Waals surface area contributed by atoms with Crippen molar-refractivity contribution in [2.75, 3.05) is 22.8 Å². The second-order valence-corrected chi connectivity index (χ2v) is 12.8. The van der Waals surface area contributed by atoms with Gasteiger partial charge in [-0.05, 0) is 61.4 Å². The zero-order chi connectivity index (χ0) is 28.1. The number of aromatic nitrogens is 3. The zero-order valence-electron chi connectivity index (χ0n) is 21.9. The highest BCUT2D eigenvalue weighted by atomic mass is 32.2. The molecule has 0 saturated heterocycles. The molecule has 2 aliphatic carbocycles. The molecular weight excluding hydrogens is 554 g/mol. The summed E-state index contributed by atoms with van der Waals surface area (Å²) >= 11 is 0.888. The van der Waals surface area contributed by atoms with Gasteiger partial charge in [0, 0.05) is 30.5 Å². The molecule has 1 amide bonds. The van der Waals surface area contributed by atoms with Gasteiger partial charge in [-0.1, -0.05) is 31.4 Å². The van der Waals surface area contributed by atoms with E-state index in [1.54, 1.807) is 36.7 Å². The van der Waals surface area contributed by atoms with Crippen LogP contribution in [0.1, 0.15) is 68.5 Å². The summed E-state index contributed by atoms with van der Waals surface area (Å²) in [5.41, 5.74) is 1.08. The summed E-state index contributed by atoms with van der Waals surface area (Å²) in [6.45, 7) is -0.134. The first-order valence-corrected chi connectivity index (χ1v) is 15.7. The van der Waals surface area contributed by atoms with Crippen molar-refractivity contribution in [1.29, 1.82) is 0 Å². The number of amides is 1. The second-order valence-electron chi connectivity index (χ2n) is 10.2. The van der Waals surface area contributed by atoms with Gasteiger partial charge < -0.3 is 14.9 Å². The van der Waals surface area contributed by atoms with Gasteiger partial charge in [0.05, 0.1) is 23.3 Å². The third-order valence-corrected chi connectivity index (χ3v) is 9.56. The fourth-order valence-corrected chi connectivity index (χ4v) is 6.85. The maximum Gasteiger partial charge on any atom is 0.264 e. The topological polar surface area (TPSA) is 155 Å². The fourth-order valence-electron chi connectivity index (χ4n) is 4.69. The number of hydrogen-bond donors (Lipinski definition) is 3. The van der Waals surface area contributed by atoms with E-state index in [9.17, 15) is 18.3 Å². The molecule has 3 N–H and O–H groups in total. The number of sulfonamides is 1. The van der Waals surface area contributed by atoms with Gasteiger partial charge in [-0.2, -0.15) is 4.37 Å². The third-order valence-electron chi connectivity index (χ3n) is 7.10. The van der Waals surface area contributed by atoms with E-state index in [0.29, 0.717) is 23.7 Å². The Kier molecular flexibility index (Phi) is 9.06. The summed E-state index contributed by atoms with van der Waals surface area (Å²) in [4.78, 5) is 21.6. The first kappa shape index (κ1) is 28.6. The molecule has 13 heteroatoms. The molecule has 2 aromatic heterocycles. The predicted molar refractivity (Wildman–Crippen MR) is 149 cm³/mol. The van der Waals surface area contributed by atoms with Crippen molar-refractivity contribution in [1.82, 2.24) is 14.3 Å². The second kappa shape index (κ2) is 12.7. The van der Waals surface area contributed by atoms with Crippen molar-refractivity contribution in [3.63, 3.8) is 0 Å².